The molecule has 0 aromatic rings. The lowest BCUT2D eigenvalue weighted by Gasteiger charge is -2.30. The van der Waals surface area contributed by atoms with Gasteiger partial charge >= 0.3 is 0 Å². The largest absolute Gasteiger partial charge is 0.388 e. The van der Waals surface area contributed by atoms with Crippen LogP contribution in [-0.2, 0) is 4.74 Å². The molecule has 0 aliphatic rings. The van der Waals surface area contributed by atoms with Crippen molar-refractivity contribution < 1.29 is 4.74 Å². The maximum Gasteiger partial charge on any atom is 0.0918 e. The monoisotopic (exact) mass is 229 g/mol. The first-order valence-electron chi connectivity index (χ1n) is 6.03. The zero-order valence-electron chi connectivity index (χ0n) is 11.1. The van der Waals surface area contributed by atoms with Gasteiger partial charge in [-0.25, -0.2) is 0 Å². The Bertz CT molecular complexity index is 195. The molecule has 0 aliphatic carbocycles. The molecule has 1 unspecified atom stereocenters. The topological polar surface area (TPSA) is 62.3 Å². The fraction of sp³-hybridized carbons (Fsp3) is 0.917. The standard InChI is InChI=1S/C12H27N3O/c1-10(2)9-15(7-5-12(13)14)11(3)6-8-16-4/h10-11H,5-9H2,1-4H3,(H3,13,14). The zero-order chi connectivity index (χ0) is 12.6. The summed E-state index contributed by atoms with van der Waals surface area (Å²) in [5.74, 6) is 0.907. The Hall–Kier alpha value is -0.610. The third-order valence-corrected chi connectivity index (χ3v) is 2.63. The van der Waals surface area contributed by atoms with Gasteiger partial charge < -0.3 is 10.5 Å². The molecule has 0 spiro atoms. The van der Waals surface area contributed by atoms with Crippen LogP contribution < -0.4 is 5.73 Å². The number of nitrogens with zero attached hydrogens (tertiary/aromatic N) is 1. The Kier molecular flexibility index (Phi) is 8.21. The van der Waals surface area contributed by atoms with Crippen molar-refractivity contribution in [2.45, 2.75) is 39.7 Å². The van der Waals surface area contributed by atoms with Gasteiger partial charge in [-0.15, -0.1) is 0 Å². The lowest BCUT2D eigenvalue weighted by molar-refractivity contribution is 0.131. The number of hydrogen-bond donors (Lipinski definition) is 2. The summed E-state index contributed by atoms with van der Waals surface area (Å²) in [6.45, 7) is 9.35. The van der Waals surface area contributed by atoms with Crippen molar-refractivity contribution in [3.05, 3.63) is 0 Å². The van der Waals surface area contributed by atoms with E-state index in [2.05, 4.69) is 25.7 Å². The summed E-state index contributed by atoms with van der Waals surface area (Å²) >= 11 is 0. The van der Waals surface area contributed by atoms with Crippen molar-refractivity contribution >= 4 is 5.84 Å². The van der Waals surface area contributed by atoms with E-state index in [-0.39, 0.29) is 5.84 Å². The molecular weight excluding hydrogens is 202 g/mol. The number of nitrogens with two attached hydrogens (primary N) is 1. The van der Waals surface area contributed by atoms with Crippen LogP contribution >= 0.6 is 0 Å². The Labute approximate surface area is 99.7 Å². The quantitative estimate of drug-likeness (QED) is 0.467. The number of hydrogen-bond acceptors (Lipinski definition) is 3. The number of methoxy groups -OCH3 is 1. The SMILES string of the molecule is COCCC(C)N(CCC(=N)N)CC(C)C. The molecule has 1 atom stereocenters. The second kappa shape index (κ2) is 8.53. The highest BCUT2D eigenvalue weighted by Gasteiger charge is 2.14. The molecule has 16 heavy (non-hydrogen) atoms. The summed E-state index contributed by atoms with van der Waals surface area (Å²) in [6.07, 6.45) is 1.69. The molecule has 0 bridgehead atoms. The Balaban J connectivity index is 4.11. The van der Waals surface area contributed by atoms with Crippen molar-refractivity contribution in [2.75, 3.05) is 26.8 Å². The Morgan fingerprint density at radius 1 is 1.38 bits per heavy atom. The number of rotatable bonds is 9. The summed E-state index contributed by atoms with van der Waals surface area (Å²) in [5.41, 5.74) is 5.40. The minimum Gasteiger partial charge on any atom is -0.388 e. The second-order valence-electron chi connectivity index (χ2n) is 4.79. The normalized spacial score (nSPS) is 13.4. The molecule has 3 N–H and O–H groups in total. The van der Waals surface area contributed by atoms with Gasteiger partial charge in [0.15, 0.2) is 0 Å². The van der Waals surface area contributed by atoms with Gasteiger partial charge in [-0.1, -0.05) is 13.8 Å². The van der Waals surface area contributed by atoms with E-state index < -0.39 is 0 Å². The van der Waals surface area contributed by atoms with E-state index in [1.807, 2.05) is 0 Å². The molecule has 4 nitrogen and oxygen atoms in total. The Morgan fingerprint density at radius 3 is 2.44 bits per heavy atom. The van der Waals surface area contributed by atoms with E-state index in [1.165, 1.54) is 0 Å². The first kappa shape index (κ1) is 15.4. The molecule has 0 radical (unpaired) electrons. The van der Waals surface area contributed by atoms with Crippen LogP contribution in [0.1, 0.15) is 33.6 Å². The van der Waals surface area contributed by atoms with Crippen LogP contribution in [0.15, 0.2) is 0 Å². The summed E-state index contributed by atoms with van der Waals surface area (Å²) in [5, 5.41) is 7.28. The fourth-order valence-electron chi connectivity index (χ4n) is 1.70. The third kappa shape index (κ3) is 7.65. The number of ether oxygens (including phenoxy) is 1. The zero-order valence-corrected chi connectivity index (χ0v) is 11.1. The molecular formula is C12H27N3O. The summed E-state index contributed by atoms with van der Waals surface area (Å²) < 4.78 is 5.10. The molecule has 0 rings (SSSR count). The minimum absolute atomic E-state index is 0.271. The predicted octanol–water partition coefficient (Wildman–Crippen LogP) is 1.70. The number of nitrogens with one attached hydrogen (secondary N) is 1. The molecule has 0 aliphatic heterocycles. The minimum atomic E-state index is 0.271. The van der Waals surface area contributed by atoms with Gasteiger partial charge in [-0.05, 0) is 19.3 Å². The summed E-state index contributed by atoms with van der Waals surface area (Å²) in [7, 11) is 1.73. The van der Waals surface area contributed by atoms with Crippen molar-refractivity contribution in [3.63, 3.8) is 0 Å². The van der Waals surface area contributed by atoms with E-state index in [0.717, 1.165) is 26.1 Å². The molecule has 0 fully saturated rings. The van der Waals surface area contributed by atoms with E-state index in [1.54, 1.807) is 7.11 Å². The lowest BCUT2D eigenvalue weighted by Crippen LogP contribution is -2.38. The van der Waals surface area contributed by atoms with Crippen LogP contribution in [-0.4, -0.2) is 43.6 Å². The van der Waals surface area contributed by atoms with E-state index in [4.69, 9.17) is 15.9 Å². The van der Waals surface area contributed by atoms with Crippen molar-refractivity contribution in [3.8, 4) is 0 Å². The van der Waals surface area contributed by atoms with E-state index in [0.29, 0.717) is 18.4 Å². The molecule has 0 saturated heterocycles. The molecule has 0 saturated carbocycles. The highest BCUT2D eigenvalue weighted by atomic mass is 16.5. The smallest absolute Gasteiger partial charge is 0.0918 e. The van der Waals surface area contributed by atoms with Crippen molar-refractivity contribution in [1.82, 2.24) is 4.90 Å². The van der Waals surface area contributed by atoms with Crippen molar-refractivity contribution in [2.24, 2.45) is 11.7 Å². The van der Waals surface area contributed by atoms with Crippen LogP contribution in [0.3, 0.4) is 0 Å². The average molecular weight is 229 g/mol. The molecule has 0 heterocycles. The van der Waals surface area contributed by atoms with Crippen LogP contribution in [0.5, 0.6) is 0 Å². The fourth-order valence-corrected chi connectivity index (χ4v) is 1.70. The summed E-state index contributed by atoms with van der Waals surface area (Å²) in [6, 6.07) is 0.488. The second-order valence-corrected chi connectivity index (χ2v) is 4.79. The average Bonchev–Trinajstić information content (AvgIpc) is 2.19. The van der Waals surface area contributed by atoms with Gasteiger partial charge in [-0.2, -0.15) is 0 Å². The molecule has 96 valence electrons. The van der Waals surface area contributed by atoms with Gasteiger partial charge in [0.1, 0.15) is 0 Å². The maximum atomic E-state index is 7.28. The van der Waals surface area contributed by atoms with Gasteiger partial charge in [0.25, 0.3) is 0 Å². The molecule has 0 amide bonds. The van der Waals surface area contributed by atoms with Gasteiger partial charge in [0, 0.05) is 39.3 Å². The number of amidine groups is 1. The highest BCUT2D eigenvalue weighted by molar-refractivity contribution is 5.76. The highest BCUT2D eigenvalue weighted by Crippen LogP contribution is 2.08. The first-order valence-corrected chi connectivity index (χ1v) is 6.03. The van der Waals surface area contributed by atoms with Crippen LogP contribution in [0, 0.1) is 11.3 Å². The Morgan fingerprint density at radius 2 is 2.00 bits per heavy atom. The third-order valence-electron chi connectivity index (χ3n) is 2.63. The van der Waals surface area contributed by atoms with Crippen LogP contribution in [0.4, 0.5) is 0 Å². The van der Waals surface area contributed by atoms with Crippen LogP contribution in [0.2, 0.25) is 0 Å². The molecule has 0 aromatic heterocycles. The van der Waals surface area contributed by atoms with Gasteiger partial charge in [-0.3, -0.25) is 10.3 Å². The maximum absolute atomic E-state index is 7.28. The molecule has 0 aromatic carbocycles. The summed E-state index contributed by atoms with van der Waals surface area (Å²) in [4.78, 5) is 2.39. The van der Waals surface area contributed by atoms with Gasteiger partial charge in [0.2, 0.25) is 0 Å². The van der Waals surface area contributed by atoms with Gasteiger partial charge in [0.05, 0.1) is 5.84 Å². The van der Waals surface area contributed by atoms with E-state index in [9.17, 15) is 0 Å². The lowest BCUT2D eigenvalue weighted by atomic mass is 10.1. The van der Waals surface area contributed by atoms with Crippen LogP contribution in [0.25, 0.3) is 0 Å². The van der Waals surface area contributed by atoms with E-state index >= 15 is 0 Å². The first-order chi connectivity index (χ1) is 7.47. The van der Waals surface area contributed by atoms with Crippen molar-refractivity contribution in [1.29, 1.82) is 5.41 Å². The molecule has 4 heteroatoms. The predicted molar refractivity (Wildman–Crippen MR) is 68.9 cm³/mol.